The van der Waals surface area contributed by atoms with Crippen molar-refractivity contribution in [3.8, 4) is 0 Å². The minimum atomic E-state index is -2.68. The molecule has 1 fully saturated rings. The van der Waals surface area contributed by atoms with E-state index in [1.807, 2.05) is 0 Å². The Hall–Kier alpha value is -3.36. The maximum Gasteiger partial charge on any atom is 0.295 e. The molecule has 1 aromatic carbocycles. The number of halogens is 2. The van der Waals surface area contributed by atoms with Crippen molar-refractivity contribution < 1.29 is 13.6 Å². The molecule has 0 spiro atoms. The third kappa shape index (κ3) is 3.08. The van der Waals surface area contributed by atoms with Gasteiger partial charge in [-0.15, -0.1) is 0 Å². The number of fused-ring (bicyclic) bond motifs is 2. The Morgan fingerprint density at radius 1 is 1.21 bits per heavy atom. The summed E-state index contributed by atoms with van der Waals surface area (Å²) in [6, 6.07) is 6.41. The fourth-order valence-electron chi connectivity index (χ4n) is 3.25. The number of aromatic nitrogens is 5. The molecule has 9 heteroatoms. The summed E-state index contributed by atoms with van der Waals surface area (Å²) < 4.78 is 25.6. The maximum absolute atomic E-state index is 12.8. The summed E-state index contributed by atoms with van der Waals surface area (Å²) in [7, 11) is 0. The number of carbonyl (C=O) groups is 1. The van der Waals surface area contributed by atoms with Crippen LogP contribution in [-0.4, -0.2) is 30.8 Å². The SMILES string of the molecule is O=C(Nc1ccc2nc(C(F)F)[nH]c2c1)c1ccnc2nc(CC3CC3)[nH]c12. The average Bonchev–Trinajstić information content (AvgIpc) is 3.22. The number of pyridine rings is 1. The molecule has 1 aliphatic carbocycles. The Balaban J connectivity index is 1.43. The van der Waals surface area contributed by atoms with E-state index in [0.29, 0.717) is 39.4 Å². The van der Waals surface area contributed by atoms with Gasteiger partial charge in [-0.3, -0.25) is 4.79 Å². The lowest BCUT2D eigenvalue weighted by molar-refractivity contribution is 0.102. The fraction of sp³-hybridized carbons (Fsp3) is 0.263. The number of benzene rings is 1. The van der Waals surface area contributed by atoms with E-state index in [0.717, 1.165) is 12.2 Å². The second-order valence-corrected chi connectivity index (χ2v) is 7.00. The molecule has 5 rings (SSSR count). The van der Waals surface area contributed by atoms with Crippen LogP contribution < -0.4 is 5.32 Å². The van der Waals surface area contributed by atoms with Gasteiger partial charge in [0.15, 0.2) is 11.5 Å². The number of aromatic amines is 2. The number of hydrogen-bond acceptors (Lipinski definition) is 4. The number of H-pyrrole nitrogens is 2. The van der Waals surface area contributed by atoms with Crippen LogP contribution in [0.3, 0.4) is 0 Å². The molecule has 0 unspecified atom stereocenters. The molecule has 3 N–H and O–H groups in total. The van der Waals surface area contributed by atoms with Crippen LogP contribution in [0.1, 0.15) is 41.3 Å². The smallest absolute Gasteiger partial charge is 0.295 e. The van der Waals surface area contributed by atoms with Gasteiger partial charge in [-0.1, -0.05) is 0 Å². The number of rotatable bonds is 5. The zero-order valence-corrected chi connectivity index (χ0v) is 14.7. The van der Waals surface area contributed by atoms with E-state index in [4.69, 9.17) is 0 Å². The van der Waals surface area contributed by atoms with Crippen LogP contribution in [0, 0.1) is 5.92 Å². The van der Waals surface area contributed by atoms with Gasteiger partial charge >= 0.3 is 0 Å². The summed E-state index contributed by atoms with van der Waals surface area (Å²) in [6.07, 6.45) is 2.15. The van der Waals surface area contributed by atoms with E-state index < -0.39 is 12.2 Å². The van der Waals surface area contributed by atoms with Crippen molar-refractivity contribution in [3.05, 3.63) is 47.7 Å². The van der Waals surface area contributed by atoms with Crippen molar-refractivity contribution >= 4 is 33.8 Å². The molecular formula is C19H16F2N6O. The summed E-state index contributed by atoms with van der Waals surface area (Å²) in [5.74, 6) is 0.776. The number of amides is 1. The van der Waals surface area contributed by atoms with Gasteiger partial charge in [-0.05, 0) is 43.0 Å². The molecule has 3 heterocycles. The molecule has 1 aliphatic rings. The van der Waals surface area contributed by atoms with Gasteiger partial charge in [0.05, 0.1) is 22.1 Å². The predicted molar refractivity (Wildman–Crippen MR) is 99.3 cm³/mol. The van der Waals surface area contributed by atoms with Crippen LogP contribution in [0.2, 0.25) is 0 Å². The van der Waals surface area contributed by atoms with Gasteiger partial charge in [-0.25, -0.2) is 23.7 Å². The van der Waals surface area contributed by atoms with Gasteiger partial charge in [-0.2, -0.15) is 0 Å². The lowest BCUT2D eigenvalue weighted by Gasteiger charge is -2.06. The van der Waals surface area contributed by atoms with Crippen LogP contribution in [0.5, 0.6) is 0 Å². The molecule has 0 atom stereocenters. The molecule has 7 nitrogen and oxygen atoms in total. The molecule has 142 valence electrons. The first-order valence-electron chi connectivity index (χ1n) is 8.99. The summed E-state index contributed by atoms with van der Waals surface area (Å²) >= 11 is 0. The highest BCUT2D eigenvalue weighted by Gasteiger charge is 2.24. The van der Waals surface area contributed by atoms with E-state index in [9.17, 15) is 13.6 Å². The van der Waals surface area contributed by atoms with Crippen LogP contribution >= 0.6 is 0 Å². The molecule has 0 aliphatic heterocycles. The van der Waals surface area contributed by atoms with Crippen molar-refractivity contribution in [2.45, 2.75) is 25.7 Å². The Labute approximate surface area is 157 Å². The Morgan fingerprint density at radius 2 is 2.07 bits per heavy atom. The van der Waals surface area contributed by atoms with Crippen molar-refractivity contribution in [1.82, 2.24) is 24.9 Å². The highest BCUT2D eigenvalue weighted by atomic mass is 19.3. The number of imidazole rings is 2. The highest BCUT2D eigenvalue weighted by Crippen LogP contribution is 2.32. The van der Waals surface area contributed by atoms with Gasteiger partial charge in [0.1, 0.15) is 5.82 Å². The van der Waals surface area contributed by atoms with Gasteiger partial charge in [0.25, 0.3) is 12.3 Å². The number of anilines is 1. The lowest BCUT2D eigenvalue weighted by Crippen LogP contribution is -2.12. The van der Waals surface area contributed by atoms with E-state index >= 15 is 0 Å². The third-order valence-electron chi connectivity index (χ3n) is 4.83. The van der Waals surface area contributed by atoms with E-state index in [-0.39, 0.29) is 5.91 Å². The van der Waals surface area contributed by atoms with Crippen molar-refractivity contribution in [2.24, 2.45) is 5.92 Å². The molecule has 3 aromatic heterocycles. The van der Waals surface area contributed by atoms with Crippen LogP contribution in [0.4, 0.5) is 14.5 Å². The highest BCUT2D eigenvalue weighted by molar-refractivity contribution is 6.11. The predicted octanol–water partition coefficient (Wildman–Crippen LogP) is 3.98. The summed E-state index contributed by atoms with van der Waals surface area (Å²) in [5.41, 5.74) is 2.86. The molecule has 28 heavy (non-hydrogen) atoms. The zero-order chi connectivity index (χ0) is 19.3. The molecule has 0 radical (unpaired) electrons. The summed E-state index contributed by atoms with van der Waals surface area (Å²) in [4.78, 5) is 31.1. The fourth-order valence-corrected chi connectivity index (χ4v) is 3.25. The van der Waals surface area contributed by atoms with E-state index in [2.05, 4.69) is 30.2 Å². The quantitative estimate of drug-likeness (QED) is 0.486. The number of alkyl halides is 2. The molecule has 0 bridgehead atoms. The maximum atomic E-state index is 12.8. The summed E-state index contributed by atoms with van der Waals surface area (Å²) in [5, 5.41) is 2.79. The average molecular weight is 382 g/mol. The largest absolute Gasteiger partial charge is 0.340 e. The van der Waals surface area contributed by atoms with Crippen molar-refractivity contribution in [2.75, 3.05) is 5.32 Å². The van der Waals surface area contributed by atoms with Crippen molar-refractivity contribution in [1.29, 1.82) is 0 Å². The molecule has 0 saturated heterocycles. The number of carbonyl (C=O) groups excluding carboxylic acids is 1. The number of hydrogen-bond donors (Lipinski definition) is 3. The third-order valence-corrected chi connectivity index (χ3v) is 4.83. The zero-order valence-electron chi connectivity index (χ0n) is 14.7. The van der Waals surface area contributed by atoms with Crippen LogP contribution in [0.15, 0.2) is 30.5 Å². The van der Waals surface area contributed by atoms with Gasteiger partial charge < -0.3 is 15.3 Å². The first-order chi connectivity index (χ1) is 13.6. The van der Waals surface area contributed by atoms with Gasteiger partial charge in [0, 0.05) is 18.3 Å². The molecule has 4 aromatic rings. The van der Waals surface area contributed by atoms with Crippen molar-refractivity contribution in [3.63, 3.8) is 0 Å². The Morgan fingerprint density at radius 3 is 2.86 bits per heavy atom. The van der Waals surface area contributed by atoms with E-state index in [1.54, 1.807) is 30.5 Å². The second kappa shape index (κ2) is 6.36. The minimum Gasteiger partial charge on any atom is -0.340 e. The Bertz CT molecular complexity index is 1190. The molecule has 1 saturated carbocycles. The monoisotopic (exact) mass is 382 g/mol. The standard InChI is InChI=1S/C19H16F2N6O/c20-16(21)18-24-12-4-3-10(8-13(12)25-18)23-19(28)11-5-6-22-17-15(11)26-14(27-17)7-9-1-2-9/h3-6,8-9,16H,1-2,7H2,(H,23,28)(H,24,25)(H,22,26,27). The topological polar surface area (TPSA) is 99.3 Å². The normalized spacial score (nSPS) is 14.2. The number of nitrogens with zero attached hydrogens (tertiary/aromatic N) is 3. The minimum absolute atomic E-state index is 0.332. The van der Waals surface area contributed by atoms with E-state index in [1.165, 1.54) is 12.8 Å². The summed E-state index contributed by atoms with van der Waals surface area (Å²) in [6.45, 7) is 0. The first-order valence-corrected chi connectivity index (χ1v) is 8.99. The van der Waals surface area contributed by atoms with Crippen LogP contribution in [-0.2, 0) is 6.42 Å². The number of nitrogens with one attached hydrogen (secondary N) is 3. The molecule has 1 amide bonds. The Kier molecular flexibility index (Phi) is 3.81. The first kappa shape index (κ1) is 16.8. The lowest BCUT2D eigenvalue weighted by atomic mass is 10.2. The molecular weight excluding hydrogens is 366 g/mol. The van der Waals surface area contributed by atoms with Gasteiger partial charge in [0.2, 0.25) is 0 Å². The van der Waals surface area contributed by atoms with Crippen LogP contribution in [0.25, 0.3) is 22.2 Å². The second-order valence-electron chi connectivity index (χ2n) is 7.00.